The number of fused-ring (bicyclic) bond motifs is 1. The number of amides is 1. The fraction of sp³-hybridized carbons (Fsp3) is 0.158. The highest BCUT2D eigenvalue weighted by atomic mass is 19.4. The molecule has 0 saturated heterocycles. The highest BCUT2D eigenvalue weighted by Crippen LogP contribution is 2.33. The molecule has 0 radical (unpaired) electrons. The number of nitrogens with one attached hydrogen (secondary N) is 1. The van der Waals surface area contributed by atoms with Crippen molar-refractivity contribution in [3.63, 3.8) is 0 Å². The van der Waals surface area contributed by atoms with Crippen molar-refractivity contribution >= 4 is 22.5 Å². The lowest BCUT2D eigenvalue weighted by Gasteiger charge is -2.15. The Hall–Kier alpha value is -3.38. The molecule has 9 heteroatoms. The van der Waals surface area contributed by atoms with Crippen LogP contribution in [0.4, 0.5) is 23.2 Å². The summed E-state index contributed by atoms with van der Waals surface area (Å²) in [6, 6.07) is 9.89. The summed E-state index contributed by atoms with van der Waals surface area (Å²) < 4.78 is 53.9. The van der Waals surface area contributed by atoms with Gasteiger partial charge in [-0.15, -0.1) is 0 Å². The third kappa shape index (κ3) is 3.97. The molecule has 1 aromatic heterocycles. The van der Waals surface area contributed by atoms with Gasteiger partial charge in [-0.25, -0.2) is 4.39 Å². The third-order valence-electron chi connectivity index (χ3n) is 4.12. The number of aliphatic hydroxyl groups excluding tert-OH is 1. The standard InChI is InChI=1S/C19H13F4N3O2/c20-13-3-1-11-5-6-26(16(11)7-13)10-17(27)18(28)25-14-4-2-12(9-24)15(8-14)19(21,22)23/h1-8,17,27H,10H2,(H,25,28)/t17-/m0/s1. The van der Waals surface area contributed by atoms with Crippen molar-refractivity contribution in [2.24, 2.45) is 0 Å². The van der Waals surface area contributed by atoms with E-state index >= 15 is 0 Å². The maximum absolute atomic E-state index is 13.4. The highest BCUT2D eigenvalue weighted by Gasteiger charge is 2.34. The topological polar surface area (TPSA) is 78.1 Å². The van der Waals surface area contributed by atoms with E-state index in [2.05, 4.69) is 5.32 Å². The Morgan fingerprint density at radius 2 is 1.96 bits per heavy atom. The van der Waals surface area contributed by atoms with Crippen molar-refractivity contribution in [2.75, 3.05) is 5.32 Å². The monoisotopic (exact) mass is 391 g/mol. The maximum atomic E-state index is 13.4. The Morgan fingerprint density at radius 3 is 2.64 bits per heavy atom. The summed E-state index contributed by atoms with van der Waals surface area (Å²) in [5.74, 6) is -1.42. The summed E-state index contributed by atoms with van der Waals surface area (Å²) in [6.07, 6.45) is -4.80. The first-order chi connectivity index (χ1) is 13.2. The van der Waals surface area contributed by atoms with Gasteiger partial charge in [0.05, 0.1) is 29.3 Å². The number of anilines is 1. The summed E-state index contributed by atoms with van der Waals surface area (Å²) >= 11 is 0. The first kappa shape index (κ1) is 19.4. The molecule has 2 aromatic carbocycles. The zero-order chi connectivity index (χ0) is 20.5. The Balaban J connectivity index is 1.77. The van der Waals surface area contributed by atoms with Crippen LogP contribution in [0.3, 0.4) is 0 Å². The molecule has 3 rings (SSSR count). The van der Waals surface area contributed by atoms with Gasteiger partial charge in [-0.3, -0.25) is 4.79 Å². The highest BCUT2D eigenvalue weighted by molar-refractivity contribution is 5.94. The molecule has 5 nitrogen and oxygen atoms in total. The summed E-state index contributed by atoms with van der Waals surface area (Å²) in [5.41, 5.74) is -1.51. The molecular formula is C19H13F4N3O2. The minimum absolute atomic E-state index is 0.209. The molecule has 0 unspecified atom stereocenters. The number of alkyl halides is 3. The molecule has 1 atom stereocenters. The Bertz CT molecular complexity index is 1080. The van der Waals surface area contributed by atoms with E-state index in [1.807, 2.05) is 0 Å². The van der Waals surface area contributed by atoms with Crippen LogP contribution in [0.2, 0.25) is 0 Å². The average molecular weight is 391 g/mol. The second-order valence-electron chi connectivity index (χ2n) is 6.05. The van der Waals surface area contributed by atoms with E-state index in [1.165, 1.54) is 22.8 Å². The Morgan fingerprint density at radius 1 is 1.21 bits per heavy atom. The van der Waals surface area contributed by atoms with Gasteiger partial charge in [-0.1, -0.05) is 0 Å². The van der Waals surface area contributed by atoms with Gasteiger partial charge < -0.3 is 15.0 Å². The lowest BCUT2D eigenvalue weighted by molar-refractivity contribution is -0.137. The van der Waals surface area contributed by atoms with Gasteiger partial charge >= 0.3 is 6.18 Å². The van der Waals surface area contributed by atoms with Crippen LogP contribution in [0.25, 0.3) is 10.9 Å². The zero-order valence-electron chi connectivity index (χ0n) is 14.2. The fourth-order valence-electron chi connectivity index (χ4n) is 2.77. The zero-order valence-corrected chi connectivity index (χ0v) is 14.2. The molecule has 28 heavy (non-hydrogen) atoms. The number of hydrogen-bond donors (Lipinski definition) is 2. The van der Waals surface area contributed by atoms with Gasteiger partial charge in [0.25, 0.3) is 5.91 Å². The van der Waals surface area contributed by atoms with Crippen molar-refractivity contribution in [3.8, 4) is 6.07 Å². The van der Waals surface area contributed by atoms with Crippen LogP contribution in [-0.2, 0) is 17.5 Å². The minimum atomic E-state index is -4.77. The van der Waals surface area contributed by atoms with Crippen molar-refractivity contribution in [1.82, 2.24) is 4.57 Å². The first-order valence-electron chi connectivity index (χ1n) is 8.03. The van der Waals surface area contributed by atoms with Crippen LogP contribution in [0.5, 0.6) is 0 Å². The number of nitrogens with zero attached hydrogens (tertiary/aromatic N) is 2. The number of aromatic nitrogens is 1. The van der Waals surface area contributed by atoms with Gasteiger partial charge in [0.15, 0.2) is 6.10 Å². The smallest absolute Gasteiger partial charge is 0.381 e. The predicted molar refractivity (Wildman–Crippen MR) is 92.7 cm³/mol. The number of carbonyl (C=O) groups excluding carboxylic acids is 1. The van der Waals surface area contributed by atoms with E-state index in [4.69, 9.17) is 5.26 Å². The molecule has 144 valence electrons. The molecule has 1 amide bonds. The van der Waals surface area contributed by atoms with Crippen LogP contribution in [0, 0.1) is 17.1 Å². The number of rotatable bonds is 4. The lowest BCUT2D eigenvalue weighted by Crippen LogP contribution is -2.31. The molecule has 3 aromatic rings. The van der Waals surface area contributed by atoms with Gasteiger partial charge in [0.1, 0.15) is 5.82 Å². The van der Waals surface area contributed by atoms with Gasteiger partial charge in [-0.05, 0) is 47.9 Å². The van der Waals surface area contributed by atoms with Crippen molar-refractivity contribution in [2.45, 2.75) is 18.8 Å². The van der Waals surface area contributed by atoms with E-state index in [9.17, 15) is 27.5 Å². The summed E-state index contributed by atoms with van der Waals surface area (Å²) in [5, 5.41) is 21.8. The molecule has 0 aliphatic heterocycles. The molecule has 0 aliphatic rings. The average Bonchev–Trinajstić information content (AvgIpc) is 3.02. The van der Waals surface area contributed by atoms with Crippen LogP contribution >= 0.6 is 0 Å². The number of aliphatic hydroxyl groups is 1. The summed E-state index contributed by atoms with van der Waals surface area (Å²) in [7, 11) is 0. The summed E-state index contributed by atoms with van der Waals surface area (Å²) in [6.45, 7) is -0.221. The molecule has 1 heterocycles. The van der Waals surface area contributed by atoms with E-state index in [0.717, 1.165) is 12.1 Å². The largest absolute Gasteiger partial charge is 0.417 e. The quantitative estimate of drug-likeness (QED) is 0.666. The van der Waals surface area contributed by atoms with Crippen molar-refractivity contribution in [3.05, 3.63) is 65.6 Å². The molecule has 0 spiro atoms. The Kier molecular flexibility index (Phi) is 5.07. The molecular weight excluding hydrogens is 378 g/mol. The van der Waals surface area contributed by atoms with Crippen LogP contribution in [0.15, 0.2) is 48.7 Å². The fourth-order valence-corrected chi connectivity index (χ4v) is 2.77. The SMILES string of the molecule is N#Cc1ccc(NC(=O)[C@@H](O)Cn2ccc3ccc(F)cc32)cc1C(F)(F)F. The maximum Gasteiger partial charge on any atom is 0.417 e. The van der Waals surface area contributed by atoms with E-state index in [-0.39, 0.29) is 12.2 Å². The van der Waals surface area contributed by atoms with Crippen molar-refractivity contribution in [1.29, 1.82) is 5.26 Å². The number of hydrogen-bond acceptors (Lipinski definition) is 3. The van der Waals surface area contributed by atoms with Gasteiger partial charge in [0, 0.05) is 11.9 Å². The first-order valence-corrected chi connectivity index (χ1v) is 8.03. The summed E-state index contributed by atoms with van der Waals surface area (Å²) in [4.78, 5) is 12.2. The number of benzene rings is 2. The van der Waals surface area contributed by atoms with Crippen LogP contribution in [-0.4, -0.2) is 21.7 Å². The lowest BCUT2D eigenvalue weighted by atomic mass is 10.1. The molecule has 0 aliphatic carbocycles. The van der Waals surface area contributed by atoms with E-state index < -0.39 is 35.1 Å². The van der Waals surface area contributed by atoms with Crippen LogP contribution in [0.1, 0.15) is 11.1 Å². The van der Waals surface area contributed by atoms with Gasteiger partial charge in [0.2, 0.25) is 0 Å². The number of carbonyl (C=O) groups is 1. The van der Waals surface area contributed by atoms with Gasteiger partial charge in [-0.2, -0.15) is 18.4 Å². The normalized spacial score (nSPS) is 12.6. The second-order valence-corrected chi connectivity index (χ2v) is 6.05. The number of halogens is 4. The third-order valence-corrected chi connectivity index (χ3v) is 4.12. The number of nitriles is 1. The van der Waals surface area contributed by atoms with Crippen molar-refractivity contribution < 1.29 is 27.5 Å². The Labute approximate surface area is 156 Å². The van der Waals surface area contributed by atoms with E-state index in [1.54, 1.807) is 18.3 Å². The molecule has 0 bridgehead atoms. The molecule has 0 saturated carbocycles. The predicted octanol–water partition coefficient (Wildman–Crippen LogP) is 3.67. The van der Waals surface area contributed by atoms with Crippen LogP contribution < -0.4 is 5.32 Å². The second kappa shape index (κ2) is 7.32. The molecule has 2 N–H and O–H groups in total. The minimum Gasteiger partial charge on any atom is -0.381 e. The molecule has 0 fully saturated rings. The van der Waals surface area contributed by atoms with E-state index in [0.29, 0.717) is 17.0 Å².